The molecule has 0 bridgehead atoms. The minimum atomic E-state index is -4.41. The van der Waals surface area contributed by atoms with Crippen LogP contribution in [0.15, 0.2) is 55.1 Å². The molecule has 194 valence electrons. The van der Waals surface area contributed by atoms with Crippen molar-refractivity contribution in [3.8, 4) is 10.6 Å². The summed E-state index contributed by atoms with van der Waals surface area (Å²) in [7, 11) is 0. The second-order valence-electron chi connectivity index (χ2n) is 9.00. The number of fused-ring (bicyclic) bond motifs is 1. The summed E-state index contributed by atoms with van der Waals surface area (Å²) >= 11 is 1.37. The molecule has 0 unspecified atom stereocenters. The summed E-state index contributed by atoms with van der Waals surface area (Å²) in [6, 6.07) is 7.33. The van der Waals surface area contributed by atoms with Gasteiger partial charge in [-0.3, -0.25) is 4.90 Å². The van der Waals surface area contributed by atoms with Crippen LogP contribution in [0.4, 0.5) is 22.0 Å². The van der Waals surface area contributed by atoms with Gasteiger partial charge in [-0.1, -0.05) is 18.2 Å². The van der Waals surface area contributed by atoms with E-state index in [0.29, 0.717) is 30.1 Å². The molecule has 37 heavy (non-hydrogen) atoms. The maximum atomic E-state index is 14.9. The standard InChI is InChI=1S/C25H22F5N5OS/c1-15(24(36,12-35-14-31-13-32-35)19-7-6-18(26)10-20(19)27)34-9-8-21-22(11-34)37-23(33-21)16-2-4-17(5-3-16)25(28,29)30/h2-7,10,13-15,36H,8-9,11-12H2,1H3/t15-,24-/m1/s1. The first kappa shape index (κ1) is 25.4. The van der Waals surface area contributed by atoms with E-state index >= 15 is 0 Å². The quantitative estimate of drug-likeness (QED) is 0.351. The Morgan fingerprint density at radius 3 is 2.51 bits per heavy atom. The molecule has 2 aromatic heterocycles. The topological polar surface area (TPSA) is 67.1 Å². The van der Waals surface area contributed by atoms with Crippen LogP contribution in [0.3, 0.4) is 0 Å². The first-order valence-corrected chi connectivity index (χ1v) is 12.3. The van der Waals surface area contributed by atoms with E-state index in [1.54, 1.807) is 6.92 Å². The number of benzene rings is 2. The lowest BCUT2D eigenvalue weighted by atomic mass is 9.85. The molecule has 2 atom stereocenters. The fourth-order valence-electron chi connectivity index (χ4n) is 4.62. The van der Waals surface area contributed by atoms with Gasteiger partial charge in [0.15, 0.2) is 0 Å². The highest BCUT2D eigenvalue weighted by Crippen LogP contribution is 2.38. The van der Waals surface area contributed by atoms with E-state index in [2.05, 4.69) is 15.1 Å². The summed E-state index contributed by atoms with van der Waals surface area (Å²) < 4.78 is 68.7. The average molecular weight is 536 g/mol. The number of nitrogens with zero attached hydrogens (tertiary/aromatic N) is 5. The maximum Gasteiger partial charge on any atom is 0.416 e. The Bertz CT molecular complexity index is 1390. The number of thiazole rings is 1. The second kappa shape index (κ2) is 9.58. The molecule has 3 heterocycles. The fourth-order valence-corrected chi connectivity index (χ4v) is 5.76. The summed E-state index contributed by atoms with van der Waals surface area (Å²) in [6.07, 6.45) is -1.15. The van der Waals surface area contributed by atoms with Gasteiger partial charge in [-0.05, 0) is 25.1 Å². The third-order valence-corrected chi connectivity index (χ3v) is 7.86. The maximum absolute atomic E-state index is 14.9. The Balaban J connectivity index is 1.42. The molecule has 0 amide bonds. The van der Waals surface area contributed by atoms with Crippen LogP contribution in [0.25, 0.3) is 10.6 Å². The van der Waals surface area contributed by atoms with Crippen LogP contribution in [-0.4, -0.2) is 42.3 Å². The van der Waals surface area contributed by atoms with E-state index in [4.69, 9.17) is 0 Å². The molecule has 0 spiro atoms. The van der Waals surface area contributed by atoms with Crippen molar-refractivity contribution in [1.82, 2.24) is 24.6 Å². The SMILES string of the molecule is C[C@@H](N1CCc2nc(-c3ccc(C(F)(F)F)cc3)sc2C1)[C@](O)(Cn1cncn1)c1ccc(F)cc1F. The molecular weight excluding hydrogens is 513 g/mol. The van der Waals surface area contributed by atoms with Crippen LogP contribution in [-0.2, 0) is 31.3 Å². The first-order valence-electron chi connectivity index (χ1n) is 11.4. The Labute approximate surface area is 213 Å². The third kappa shape index (κ3) is 5.00. The molecule has 5 rings (SSSR count). The lowest BCUT2D eigenvalue weighted by Crippen LogP contribution is -2.53. The summed E-state index contributed by atoms with van der Waals surface area (Å²) in [6.45, 7) is 2.56. The first-order chi connectivity index (χ1) is 17.5. The van der Waals surface area contributed by atoms with Crippen LogP contribution < -0.4 is 0 Å². The third-order valence-electron chi connectivity index (χ3n) is 6.73. The van der Waals surface area contributed by atoms with Gasteiger partial charge in [0.2, 0.25) is 0 Å². The van der Waals surface area contributed by atoms with Crippen molar-refractivity contribution >= 4 is 11.3 Å². The summed E-state index contributed by atoms with van der Waals surface area (Å²) in [5.41, 5.74) is -1.13. The van der Waals surface area contributed by atoms with Crippen molar-refractivity contribution in [1.29, 1.82) is 0 Å². The van der Waals surface area contributed by atoms with Gasteiger partial charge in [-0.15, -0.1) is 11.3 Å². The van der Waals surface area contributed by atoms with Gasteiger partial charge >= 0.3 is 6.18 Å². The fraction of sp³-hybridized carbons (Fsp3) is 0.320. The Morgan fingerprint density at radius 2 is 1.86 bits per heavy atom. The zero-order valence-electron chi connectivity index (χ0n) is 19.6. The number of aromatic nitrogens is 4. The largest absolute Gasteiger partial charge is 0.416 e. The number of hydrogen-bond acceptors (Lipinski definition) is 6. The average Bonchev–Trinajstić information content (AvgIpc) is 3.52. The molecule has 0 saturated heterocycles. The van der Waals surface area contributed by atoms with Crippen molar-refractivity contribution < 1.29 is 27.1 Å². The predicted octanol–water partition coefficient (Wildman–Crippen LogP) is 5.03. The minimum absolute atomic E-state index is 0.0579. The van der Waals surface area contributed by atoms with E-state index in [-0.39, 0.29) is 12.1 Å². The smallest absolute Gasteiger partial charge is 0.381 e. The Morgan fingerprint density at radius 1 is 1.11 bits per heavy atom. The highest BCUT2D eigenvalue weighted by molar-refractivity contribution is 7.15. The molecule has 2 aromatic carbocycles. The van der Waals surface area contributed by atoms with E-state index in [1.165, 1.54) is 46.9 Å². The van der Waals surface area contributed by atoms with Crippen molar-refractivity contribution in [2.24, 2.45) is 0 Å². The zero-order valence-corrected chi connectivity index (χ0v) is 20.4. The number of hydrogen-bond donors (Lipinski definition) is 1. The summed E-state index contributed by atoms with van der Waals surface area (Å²) in [5, 5.41) is 16.5. The van der Waals surface area contributed by atoms with E-state index < -0.39 is 35.0 Å². The van der Waals surface area contributed by atoms with Crippen molar-refractivity contribution in [3.63, 3.8) is 0 Å². The number of aliphatic hydroxyl groups is 1. The van der Waals surface area contributed by atoms with Gasteiger partial charge in [0, 0.05) is 47.6 Å². The van der Waals surface area contributed by atoms with Crippen molar-refractivity contribution in [3.05, 3.63) is 88.5 Å². The highest BCUT2D eigenvalue weighted by atomic mass is 32.1. The minimum Gasteiger partial charge on any atom is -0.381 e. The summed E-state index contributed by atoms with van der Waals surface area (Å²) in [5.74, 6) is -1.62. The summed E-state index contributed by atoms with van der Waals surface area (Å²) in [4.78, 5) is 11.4. The number of rotatable bonds is 6. The van der Waals surface area contributed by atoms with Gasteiger partial charge in [-0.2, -0.15) is 18.3 Å². The lowest BCUT2D eigenvalue weighted by Gasteiger charge is -2.42. The van der Waals surface area contributed by atoms with Crippen LogP contribution in [0.5, 0.6) is 0 Å². The molecule has 1 aliphatic rings. The predicted molar refractivity (Wildman–Crippen MR) is 126 cm³/mol. The molecule has 6 nitrogen and oxygen atoms in total. The molecular formula is C25H22F5N5OS. The van der Waals surface area contributed by atoms with Gasteiger partial charge in [0.05, 0.1) is 17.8 Å². The molecule has 0 fully saturated rings. The molecule has 0 saturated carbocycles. The normalized spacial score (nSPS) is 16.8. The lowest BCUT2D eigenvalue weighted by molar-refractivity contribution is -0.137. The van der Waals surface area contributed by atoms with Gasteiger partial charge in [0.25, 0.3) is 0 Å². The number of alkyl halides is 3. The van der Waals surface area contributed by atoms with Crippen LogP contribution in [0.2, 0.25) is 0 Å². The monoisotopic (exact) mass is 535 g/mol. The highest BCUT2D eigenvalue weighted by Gasteiger charge is 2.43. The molecule has 1 N–H and O–H groups in total. The molecule has 0 aliphatic carbocycles. The van der Waals surface area contributed by atoms with Crippen LogP contribution >= 0.6 is 11.3 Å². The zero-order chi connectivity index (χ0) is 26.4. The molecule has 1 aliphatic heterocycles. The van der Waals surface area contributed by atoms with Crippen molar-refractivity contribution in [2.45, 2.75) is 44.3 Å². The van der Waals surface area contributed by atoms with Crippen molar-refractivity contribution in [2.75, 3.05) is 6.54 Å². The number of halogens is 5. The van der Waals surface area contributed by atoms with E-state index in [0.717, 1.165) is 34.8 Å². The van der Waals surface area contributed by atoms with Gasteiger partial charge < -0.3 is 5.11 Å². The molecule has 4 aromatic rings. The molecule has 0 radical (unpaired) electrons. The van der Waals surface area contributed by atoms with Gasteiger partial charge in [-0.25, -0.2) is 23.4 Å². The Kier molecular flexibility index (Phi) is 6.59. The van der Waals surface area contributed by atoms with E-state index in [9.17, 15) is 27.1 Å². The van der Waals surface area contributed by atoms with Crippen LogP contribution in [0.1, 0.15) is 28.6 Å². The second-order valence-corrected chi connectivity index (χ2v) is 10.1. The Hall–Kier alpha value is -3.22. The molecule has 12 heteroatoms. The van der Waals surface area contributed by atoms with E-state index in [1.807, 2.05) is 4.90 Å². The van der Waals surface area contributed by atoms with Crippen LogP contribution in [0, 0.1) is 11.6 Å². The van der Waals surface area contributed by atoms with Gasteiger partial charge in [0.1, 0.15) is 34.9 Å².